The molecule has 8 rings (SSSR count). The smallest absolute Gasteiger partial charge is 0.158 e. The SMILES string of the molecule is Cc1nc2ccc(Oc3ccc4ncc(-c5cnn(CC6(OC7CCCCO7)CC6)c5)nc4c3C3=CCCC3)cc2n1COCC[Si](C)(C)C. The van der Waals surface area contributed by atoms with E-state index >= 15 is 0 Å². The maximum atomic E-state index is 6.72. The van der Waals surface area contributed by atoms with Gasteiger partial charge in [0, 0.05) is 44.7 Å². The first kappa shape index (κ1) is 33.3. The van der Waals surface area contributed by atoms with Gasteiger partial charge in [-0.3, -0.25) is 9.67 Å². The molecule has 1 aliphatic heterocycles. The first-order valence-electron chi connectivity index (χ1n) is 18.3. The van der Waals surface area contributed by atoms with Gasteiger partial charge in [-0.1, -0.05) is 25.7 Å². The topological polar surface area (TPSA) is 98.3 Å². The molecular formula is C39H48N6O4Si. The number of nitrogens with zero attached hydrogens (tertiary/aromatic N) is 6. The minimum Gasteiger partial charge on any atom is -0.457 e. The summed E-state index contributed by atoms with van der Waals surface area (Å²) in [5.41, 5.74) is 7.41. The molecule has 1 saturated carbocycles. The number of imidazole rings is 1. The zero-order valence-corrected chi connectivity index (χ0v) is 30.8. The van der Waals surface area contributed by atoms with Gasteiger partial charge in [0.15, 0.2) is 6.29 Å². The molecule has 1 atom stereocenters. The first-order chi connectivity index (χ1) is 24.2. The zero-order chi connectivity index (χ0) is 34.3. The molecule has 50 heavy (non-hydrogen) atoms. The fraction of sp³-hybridized carbons (Fsp3) is 0.487. The van der Waals surface area contributed by atoms with Crippen molar-refractivity contribution < 1.29 is 18.9 Å². The Kier molecular flexibility index (Phi) is 9.09. The van der Waals surface area contributed by atoms with E-state index < -0.39 is 8.07 Å². The molecular weight excluding hydrogens is 645 g/mol. The second-order valence-electron chi connectivity index (χ2n) is 15.4. The van der Waals surface area contributed by atoms with Gasteiger partial charge < -0.3 is 23.5 Å². The minimum atomic E-state index is -1.17. The molecule has 4 heterocycles. The van der Waals surface area contributed by atoms with E-state index in [0.29, 0.717) is 13.3 Å². The highest BCUT2D eigenvalue weighted by molar-refractivity contribution is 6.76. The van der Waals surface area contributed by atoms with E-state index in [9.17, 15) is 0 Å². The Bertz CT molecular complexity index is 2040. The van der Waals surface area contributed by atoms with Crippen molar-refractivity contribution in [3.05, 3.63) is 66.4 Å². The summed E-state index contributed by atoms with van der Waals surface area (Å²) in [6, 6.07) is 11.3. The number of aromatic nitrogens is 6. The highest BCUT2D eigenvalue weighted by Crippen LogP contribution is 2.44. The average molecular weight is 693 g/mol. The normalized spacial score (nSPS) is 19.0. The van der Waals surface area contributed by atoms with Crippen LogP contribution in [0.25, 0.3) is 38.9 Å². The van der Waals surface area contributed by atoms with E-state index in [1.54, 1.807) is 0 Å². The van der Waals surface area contributed by atoms with E-state index in [2.05, 4.69) is 42.5 Å². The zero-order valence-electron chi connectivity index (χ0n) is 29.8. The van der Waals surface area contributed by atoms with Crippen molar-refractivity contribution in [2.24, 2.45) is 0 Å². The molecule has 1 unspecified atom stereocenters. The van der Waals surface area contributed by atoms with Crippen molar-refractivity contribution in [3.8, 4) is 22.8 Å². The van der Waals surface area contributed by atoms with Crippen molar-refractivity contribution in [2.45, 2.75) is 109 Å². The number of benzene rings is 2. The highest BCUT2D eigenvalue weighted by Gasteiger charge is 2.47. The van der Waals surface area contributed by atoms with Crippen molar-refractivity contribution >= 4 is 35.7 Å². The van der Waals surface area contributed by atoms with Gasteiger partial charge in [-0.15, -0.1) is 0 Å². The van der Waals surface area contributed by atoms with E-state index in [4.69, 9.17) is 39.0 Å². The molecule has 10 nitrogen and oxygen atoms in total. The molecule has 2 aromatic carbocycles. The molecule has 262 valence electrons. The predicted octanol–water partition coefficient (Wildman–Crippen LogP) is 8.90. The third-order valence-corrected chi connectivity index (χ3v) is 11.8. The summed E-state index contributed by atoms with van der Waals surface area (Å²) in [4.78, 5) is 14.9. The molecule has 3 aliphatic rings. The molecule has 0 radical (unpaired) electrons. The van der Waals surface area contributed by atoms with Gasteiger partial charge in [-0.2, -0.15) is 5.10 Å². The van der Waals surface area contributed by atoms with Gasteiger partial charge in [-0.05, 0) is 94.2 Å². The third kappa shape index (κ3) is 7.28. The van der Waals surface area contributed by atoms with E-state index in [0.717, 1.165) is 127 Å². The lowest BCUT2D eigenvalue weighted by molar-refractivity contribution is -0.200. The summed E-state index contributed by atoms with van der Waals surface area (Å²) in [6.45, 7) is 11.9. The van der Waals surface area contributed by atoms with E-state index in [1.807, 2.05) is 48.3 Å². The van der Waals surface area contributed by atoms with Gasteiger partial charge in [0.1, 0.15) is 29.6 Å². The van der Waals surface area contributed by atoms with Crippen LogP contribution in [0.4, 0.5) is 0 Å². The second-order valence-corrected chi connectivity index (χ2v) is 21.0. The van der Waals surface area contributed by atoms with E-state index in [-0.39, 0.29) is 11.9 Å². The molecule has 2 fully saturated rings. The number of rotatable bonds is 13. The Morgan fingerprint density at radius 1 is 1.02 bits per heavy atom. The quantitative estimate of drug-likeness (QED) is 0.0892. The number of hydrogen-bond donors (Lipinski definition) is 0. The number of aryl methyl sites for hydroxylation is 1. The lowest BCUT2D eigenvalue weighted by atomic mass is 10.0. The fourth-order valence-corrected chi connectivity index (χ4v) is 7.77. The molecule has 0 spiro atoms. The van der Waals surface area contributed by atoms with Crippen molar-refractivity contribution in [3.63, 3.8) is 0 Å². The Morgan fingerprint density at radius 2 is 1.90 bits per heavy atom. The minimum absolute atomic E-state index is 0.0980. The number of allylic oxidation sites excluding steroid dienone is 2. The Labute approximate surface area is 294 Å². The molecule has 5 aromatic rings. The summed E-state index contributed by atoms with van der Waals surface area (Å²) in [5, 5.41) is 4.71. The highest BCUT2D eigenvalue weighted by atomic mass is 28.3. The van der Waals surface area contributed by atoms with Crippen LogP contribution in [0, 0.1) is 6.92 Å². The summed E-state index contributed by atoms with van der Waals surface area (Å²) < 4.78 is 29.2. The van der Waals surface area contributed by atoms with Crippen molar-refractivity contribution in [2.75, 3.05) is 13.2 Å². The maximum Gasteiger partial charge on any atom is 0.158 e. The maximum absolute atomic E-state index is 6.72. The molecule has 1 saturated heterocycles. The van der Waals surface area contributed by atoms with Crippen LogP contribution in [0.5, 0.6) is 11.5 Å². The number of hydrogen-bond acceptors (Lipinski definition) is 8. The number of fused-ring (bicyclic) bond motifs is 2. The molecule has 0 N–H and O–H groups in total. The van der Waals surface area contributed by atoms with Crippen molar-refractivity contribution in [1.82, 2.24) is 29.3 Å². The summed E-state index contributed by atoms with van der Waals surface area (Å²) in [7, 11) is -1.17. The van der Waals surface area contributed by atoms with Crippen LogP contribution in [-0.4, -0.2) is 62.5 Å². The van der Waals surface area contributed by atoms with Crippen LogP contribution in [0.3, 0.4) is 0 Å². The van der Waals surface area contributed by atoms with Crippen LogP contribution in [0.1, 0.15) is 62.8 Å². The van der Waals surface area contributed by atoms with Gasteiger partial charge in [0.25, 0.3) is 0 Å². The van der Waals surface area contributed by atoms with Crippen molar-refractivity contribution in [1.29, 1.82) is 0 Å². The molecule has 2 aliphatic carbocycles. The van der Waals surface area contributed by atoms with Crippen LogP contribution in [0.15, 0.2) is 55.0 Å². The monoisotopic (exact) mass is 692 g/mol. The molecule has 11 heteroatoms. The van der Waals surface area contributed by atoms with Crippen LogP contribution >= 0.6 is 0 Å². The Morgan fingerprint density at radius 3 is 2.68 bits per heavy atom. The number of ether oxygens (including phenoxy) is 4. The molecule has 0 amide bonds. The largest absolute Gasteiger partial charge is 0.457 e. The van der Waals surface area contributed by atoms with Crippen LogP contribution < -0.4 is 4.74 Å². The van der Waals surface area contributed by atoms with Crippen LogP contribution in [-0.2, 0) is 27.5 Å². The molecule has 3 aromatic heterocycles. The molecule has 0 bridgehead atoms. The second kappa shape index (κ2) is 13.7. The van der Waals surface area contributed by atoms with Crippen LogP contribution in [0.2, 0.25) is 25.7 Å². The lowest BCUT2D eigenvalue weighted by Crippen LogP contribution is -2.32. The average Bonchev–Trinajstić information content (AvgIpc) is 3.43. The predicted molar refractivity (Wildman–Crippen MR) is 198 cm³/mol. The van der Waals surface area contributed by atoms with E-state index in [1.165, 1.54) is 5.57 Å². The Balaban J connectivity index is 1.06. The lowest BCUT2D eigenvalue weighted by Gasteiger charge is -2.27. The third-order valence-electron chi connectivity index (χ3n) is 10.1. The van der Waals surface area contributed by atoms with Gasteiger partial charge >= 0.3 is 0 Å². The van der Waals surface area contributed by atoms with Gasteiger partial charge in [-0.25, -0.2) is 9.97 Å². The standard InChI is InChI=1S/C39H48N6O4Si/c1-27-42-31-13-12-30(21-34(31)45(27)26-46-19-20-50(2,3)4)48-35-15-14-32-38(37(35)28-9-5-6-10-28)43-33(23-40-32)29-22-41-44(24-29)25-39(16-17-39)49-36-11-7-8-18-47-36/h9,12-15,21-24,36H,5-8,10-11,16-20,25-26H2,1-4H3. The summed E-state index contributed by atoms with van der Waals surface area (Å²) in [6.07, 6.45) is 16.4. The Hall–Kier alpha value is -3.90. The summed E-state index contributed by atoms with van der Waals surface area (Å²) >= 11 is 0. The van der Waals surface area contributed by atoms with Gasteiger partial charge in [0.2, 0.25) is 0 Å². The van der Waals surface area contributed by atoms with Gasteiger partial charge in [0.05, 0.1) is 46.8 Å². The fourth-order valence-electron chi connectivity index (χ4n) is 7.02. The first-order valence-corrected chi connectivity index (χ1v) is 22.0. The summed E-state index contributed by atoms with van der Waals surface area (Å²) in [5.74, 6) is 2.45.